The predicted octanol–water partition coefficient (Wildman–Crippen LogP) is 5.01. The number of carbonyl (C=O) groups excluding carboxylic acids is 2. The van der Waals surface area contributed by atoms with E-state index >= 15 is 0 Å². The number of hydrogen-bond acceptors (Lipinski definition) is 4. The van der Waals surface area contributed by atoms with Crippen LogP contribution in [0.1, 0.15) is 46.3 Å². The second kappa shape index (κ2) is 10.0. The minimum atomic E-state index is -0.246. The van der Waals surface area contributed by atoms with Gasteiger partial charge in [-0.2, -0.15) is 0 Å². The zero-order valence-corrected chi connectivity index (χ0v) is 20.7. The van der Waals surface area contributed by atoms with Gasteiger partial charge in [0.1, 0.15) is 12.0 Å². The summed E-state index contributed by atoms with van der Waals surface area (Å²) in [5.74, 6) is 0.112. The third kappa shape index (κ3) is 4.65. The molecular weight excluding hydrogens is 455 g/mol. The Balaban J connectivity index is 1.25. The number of rotatable bonds is 6. The predicted molar refractivity (Wildman–Crippen MR) is 140 cm³/mol. The standard InChI is InChI=1S/C29H31FN4O2/c1-20(2)19-34-27(23-7-3-4-8-24(23)29(34)36)31-22-13-11-21(12-14-22)28(35)33-17-15-32(16-18-33)26-10-6-5-9-25(26)30/h3-14,20,27,31H,15-19H2,1-2H3/t27-/m1/s1. The van der Waals surface area contributed by atoms with Crippen LogP contribution in [0, 0.1) is 11.7 Å². The second-order valence-electron chi connectivity index (χ2n) is 9.79. The number of anilines is 2. The first kappa shape index (κ1) is 23.9. The Labute approximate surface area is 211 Å². The van der Waals surface area contributed by atoms with Crippen LogP contribution in [0.2, 0.25) is 0 Å². The first-order chi connectivity index (χ1) is 17.4. The lowest BCUT2D eigenvalue weighted by atomic mass is 10.1. The number of fused-ring (bicyclic) bond motifs is 1. The molecule has 5 rings (SSSR count). The van der Waals surface area contributed by atoms with Crippen molar-refractivity contribution < 1.29 is 14.0 Å². The summed E-state index contributed by atoms with van der Waals surface area (Å²) in [5.41, 5.74) is 3.74. The molecule has 2 aliphatic rings. The van der Waals surface area contributed by atoms with Gasteiger partial charge in [0.25, 0.3) is 11.8 Å². The first-order valence-corrected chi connectivity index (χ1v) is 12.5. The Morgan fingerprint density at radius 3 is 2.31 bits per heavy atom. The highest BCUT2D eigenvalue weighted by Gasteiger charge is 2.36. The third-order valence-corrected chi connectivity index (χ3v) is 6.82. The molecule has 3 aromatic rings. The molecule has 36 heavy (non-hydrogen) atoms. The van der Waals surface area contributed by atoms with E-state index in [9.17, 15) is 14.0 Å². The van der Waals surface area contributed by atoms with E-state index in [2.05, 4.69) is 19.2 Å². The molecule has 0 spiro atoms. The van der Waals surface area contributed by atoms with Crippen LogP contribution in [0.3, 0.4) is 0 Å². The molecule has 186 valence electrons. The van der Waals surface area contributed by atoms with Gasteiger partial charge in [-0.1, -0.05) is 44.2 Å². The maximum absolute atomic E-state index is 14.1. The molecule has 0 saturated carbocycles. The average molecular weight is 487 g/mol. The number of hydrogen-bond donors (Lipinski definition) is 1. The highest BCUT2D eigenvalue weighted by Crippen LogP contribution is 2.35. The Hall–Kier alpha value is -3.87. The molecule has 6 nitrogen and oxygen atoms in total. The van der Waals surface area contributed by atoms with Gasteiger partial charge in [-0.3, -0.25) is 9.59 Å². The van der Waals surface area contributed by atoms with Gasteiger partial charge in [0.15, 0.2) is 0 Å². The molecule has 2 heterocycles. The van der Waals surface area contributed by atoms with Crippen LogP contribution in [0.25, 0.3) is 0 Å². The molecule has 0 radical (unpaired) electrons. The molecule has 1 atom stereocenters. The molecule has 0 aliphatic carbocycles. The molecular formula is C29H31FN4O2. The van der Waals surface area contributed by atoms with E-state index in [4.69, 9.17) is 0 Å². The summed E-state index contributed by atoms with van der Waals surface area (Å²) < 4.78 is 14.1. The number of para-hydroxylation sites is 1. The summed E-state index contributed by atoms with van der Waals surface area (Å²) >= 11 is 0. The summed E-state index contributed by atoms with van der Waals surface area (Å²) in [6, 6.07) is 21.9. The maximum atomic E-state index is 14.1. The largest absolute Gasteiger partial charge is 0.366 e. The van der Waals surface area contributed by atoms with Crippen LogP contribution >= 0.6 is 0 Å². The van der Waals surface area contributed by atoms with Crippen LogP contribution in [0.4, 0.5) is 15.8 Å². The van der Waals surface area contributed by atoms with Gasteiger partial charge in [0, 0.05) is 55.1 Å². The summed E-state index contributed by atoms with van der Waals surface area (Å²) in [7, 11) is 0. The van der Waals surface area contributed by atoms with E-state index in [1.807, 2.05) is 69.3 Å². The van der Waals surface area contributed by atoms with Gasteiger partial charge in [-0.15, -0.1) is 0 Å². The molecule has 0 bridgehead atoms. The van der Waals surface area contributed by atoms with Crippen molar-refractivity contribution in [1.82, 2.24) is 9.80 Å². The highest BCUT2D eigenvalue weighted by molar-refractivity contribution is 5.99. The van der Waals surface area contributed by atoms with Crippen LogP contribution in [0.15, 0.2) is 72.8 Å². The number of amides is 2. The first-order valence-electron chi connectivity index (χ1n) is 12.5. The zero-order chi connectivity index (χ0) is 25.2. The van der Waals surface area contributed by atoms with Gasteiger partial charge < -0.3 is 20.0 Å². The Bertz CT molecular complexity index is 1250. The summed E-state index contributed by atoms with van der Waals surface area (Å²) in [6.45, 7) is 7.12. The molecule has 1 N–H and O–H groups in total. The number of halogens is 1. The van der Waals surface area contributed by atoms with E-state index in [0.29, 0.717) is 49.9 Å². The Morgan fingerprint density at radius 1 is 0.944 bits per heavy atom. The lowest BCUT2D eigenvalue weighted by Gasteiger charge is -2.36. The van der Waals surface area contributed by atoms with E-state index in [-0.39, 0.29) is 23.8 Å². The SMILES string of the molecule is CC(C)CN1C(=O)c2ccccc2[C@@H]1Nc1ccc(C(=O)N2CCN(c3ccccc3F)CC2)cc1. The minimum Gasteiger partial charge on any atom is -0.366 e. The number of nitrogens with one attached hydrogen (secondary N) is 1. The van der Waals surface area contributed by atoms with Gasteiger partial charge in [-0.05, 0) is 48.4 Å². The fourth-order valence-corrected chi connectivity index (χ4v) is 5.02. The molecule has 2 aliphatic heterocycles. The van der Waals surface area contributed by atoms with Crippen molar-refractivity contribution in [2.24, 2.45) is 5.92 Å². The summed E-state index contributed by atoms with van der Waals surface area (Å²) in [5, 5.41) is 3.50. The van der Waals surface area contributed by atoms with Gasteiger partial charge in [-0.25, -0.2) is 4.39 Å². The van der Waals surface area contributed by atoms with Gasteiger partial charge in [0.2, 0.25) is 0 Å². The van der Waals surface area contributed by atoms with E-state index in [1.54, 1.807) is 12.1 Å². The normalized spacial score (nSPS) is 17.5. The molecule has 0 unspecified atom stereocenters. The Kier molecular flexibility index (Phi) is 6.63. The molecule has 0 aromatic heterocycles. The molecule has 1 fully saturated rings. The number of nitrogens with zero attached hydrogens (tertiary/aromatic N) is 3. The smallest absolute Gasteiger partial charge is 0.256 e. The van der Waals surface area contributed by atoms with Crippen molar-refractivity contribution in [2.75, 3.05) is 42.9 Å². The van der Waals surface area contributed by atoms with E-state index < -0.39 is 0 Å². The van der Waals surface area contributed by atoms with Gasteiger partial charge >= 0.3 is 0 Å². The molecule has 1 saturated heterocycles. The van der Waals surface area contributed by atoms with Crippen molar-refractivity contribution in [2.45, 2.75) is 20.0 Å². The zero-order valence-electron chi connectivity index (χ0n) is 20.7. The quantitative estimate of drug-likeness (QED) is 0.532. The lowest BCUT2D eigenvalue weighted by Crippen LogP contribution is -2.49. The monoisotopic (exact) mass is 486 g/mol. The fourth-order valence-electron chi connectivity index (χ4n) is 5.02. The highest BCUT2D eigenvalue weighted by atomic mass is 19.1. The van der Waals surface area contributed by atoms with Crippen molar-refractivity contribution >= 4 is 23.2 Å². The minimum absolute atomic E-state index is 0.0300. The third-order valence-electron chi connectivity index (χ3n) is 6.82. The van der Waals surface area contributed by atoms with Crippen LogP contribution in [-0.4, -0.2) is 54.3 Å². The van der Waals surface area contributed by atoms with Crippen molar-refractivity contribution in [3.05, 3.63) is 95.3 Å². The summed E-state index contributed by atoms with van der Waals surface area (Å²) in [4.78, 5) is 31.8. The molecule has 2 amide bonds. The number of carbonyl (C=O) groups is 2. The van der Waals surface area contributed by atoms with Crippen LogP contribution in [0.5, 0.6) is 0 Å². The second-order valence-corrected chi connectivity index (χ2v) is 9.79. The van der Waals surface area contributed by atoms with Crippen LogP contribution < -0.4 is 10.2 Å². The van der Waals surface area contributed by atoms with Crippen molar-refractivity contribution in [3.8, 4) is 0 Å². The van der Waals surface area contributed by atoms with Crippen LogP contribution in [-0.2, 0) is 0 Å². The average Bonchev–Trinajstić information content (AvgIpc) is 3.15. The number of benzene rings is 3. The van der Waals surface area contributed by atoms with Crippen molar-refractivity contribution in [3.63, 3.8) is 0 Å². The van der Waals surface area contributed by atoms with E-state index in [1.165, 1.54) is 6.07 Å². The Morgan fingerprint density at radius 2 is 1.61 bits per heavy atom. The fraction of sp³-hybridized carbons (Fsp3) is 0.310. The lowest BCUT2D eigenvalue weighted by molar-refractivity contribution is 0.0719. The van der Waals surface area contributed by atoms with Crippen molar-refractivity contribution in [1.29, 1.82) is 0 Å². The number of piperazine rings is 1. The summed E-state index contributed by atoms with van der Waals surface area (Å²) in [6.07, 6.45) is -0.246. The topological polar surface area (TPSA) is 55.9 Å². The van der Waals surface area contributed by atoms with Gasteiger partial charge in [0.05, 0.1) is 5.69 Å². The maximum Gasteiger partial charge on any atom is 0.256 e. The molecule has 3 aromatic carbocycles. The molecule has 7 heteroatoms. The van der Waals surface area contributed by atoms with E-state index in [0.717, 1.165) is 16.8 Å².